The Morgan fingerprint density at radius 1 is 0.735 bits per heavy atom. The predicted octanol–water partition coefficient (Wildman–Crippen LogP) is -0.166. The van der Waals surface area contributed by atoms with Crippen LogP contribution in [-0.2, 0) is 26.2 Å². The van der Waals surface area contributed by atoms with E-state index in [0.29, 0.717) is 11.5 Å². The number of hydrogen-bond donors (Lipinski definition) is 0. The van der Waals surface area contributed by atoms with E-state index in [1.54, 1.807) is 5.20 Å². The van der Waals surface area contributed by atoms with Crippen molar-refractivity contribution in [2.45, 2.75) is 19.0 Å². The summed E-state index contributed by atoms with van der Waals surface area (Å²) in [6, 6.07) is 27.3. The van der Waals surface area contributed by atoms with Crippen LogP contribution in [0.5, 0.6) is 0 Å². The summed E-state index contributed by atoms with van der Waals surface area (Å²) in [5.74, 6) is 0.384. The molecule has 0 bridgehead atoms. The number of hydrogen-bond acceptors (Lipinski definition) is 0. The molecule has 0 radical (unpaired) electrons. The summed E-state index contributed by atoms with van der Waals surface area (Å²) < 4.78 is 0. The average Bonchev–Trinajstić information content (AvgIpc) is 3.33. The Labute approximate surface area is 234 Å². The summed E-state index contributed by atoms with van der Waals surface area (Å²) >= 11 is 0. The maximum absolute atomic E-state index is 2.60. The third-order valence-corrected chi connectivity index (χ3v) is 12.0. The fourth-order valence-electron chi connectivity index (χ4n) is 6.30. The van der Waals surface area contributed by atoms with E-state index in [1.807, 2.05) is 0 Å². The second-order valence-electron chi connectivity index (χ2n) is 9.03. The van der Waals surface area contributed by atoms with Crippen molar-refractivity contribution in [2.75, 3.05) is 0 Å². The molecule has 0 aliphatic heterocycles. The third kappa shape index (κ3) is 3.84. The second kappa shape index (κ2) is 10.5. The number of allylic oxidation sites excluding steroid dienone is 5. The van der Waals surface area contributed by atoms with Gasteiger partial charge in [0, 0.05) is 11.5 Å². The molecule has 2 atom stereocenters. The first-order chi connectivity index (χ1) is 15.2. The van der Waals surface area contributed by atoms with Crippen LogP contribution in [0.25, 0.3) is 21.9 Å². The van der Waals surface area contributed by atoms with E-state index >= 15 is 0 Å². The van der Waals surface area contributed by atoms with Gasteiger partial charge in [-0.3, -0.25) is 0 Å². The van der Waals surface area contributed by atoms with E-state index in [0.717, 1.165) is 0 Å². The van der Waals surface area contributed by atoms with Crippen molar-refractivity contribution in [3.63, 3.8) is 0 Å². The Morgan fingerprint density at radius 2 is 1.29 bits per heavy atom. The Kier molecular flexibility index (Phi) is 8.31. The molecule has 3 aliphatic carbocycles. The van der Waals surface area contributed by atoms with Crippen molar-refractivity contribution in [2.24, 2.45) is 5.92 Å². The van der Waals surface area contributed by atoms with Gasteiger partial charge in [-0.1, -0.05) is 121 Å². The van der Waals surface area contributed by atoms with Gasteiger partial charge in [-0.2, -0.15) is 0 Å². The van der Waals surface area contributed by atoms with Crippen molar-refractivity contribution in [3.8, 4) is 11.1 Å². The molecule has 0 nitrogen and oxygen atoms in total. The van der Waals surface area contributed by atoms with Gasteiger partial charge in [-0.05, 0) is 45.2 Å². The second-order valence-corrected chi connectivity index (χ2v) is 13.0. The molecule has 3 aromatic carbocycles. The molecule has 168 valence electrons. The van der Waals surface area contributed by atoms with Gasteiger partial charge in [0.1, 0.15) is 8.07 Å². The first kappa shape index (κ1) is 26.9. The minimum Gasteiger partial charge on any atom is -1.00 e. The Hall–Kier alpha value is -1.70. The van der Waals surface area contributed by atoms with Crippen molar-refractivity contribution in [1.29, 1.82) is 0 Å². The van der Waals surface area contributed by atoms with E-state index in [-0.39, 0.29) is 51.0 Å². The molecule has 0 amide bonds. The van der Waals surface area contributed by atoms with Crippen LogP contribution in [0.2, 0.25) is 6.55 Å². The minimum atomic E-state index is -2.12. The molecule has 6 rings (SSSR count). The van der Waals surface area contributed by atoms with Crippen LogP contribution in [0.1, 0.15) is 23.6 Å². The van der Waals surface area contributed by atoms with Crippen molar-refractivity contribution < 1.29 is 51.0 Å². The molecule has 0 N–H and O–H groups in total. The molecular weight excluding hydrogens is 551 g/mol. The molecular formula is C30H26Cl2SiZr. The average molecular weight is 577 g/mol. The van der Waals surface area contributed by atoms with Gasteiger partial charge < -0.3 is 24.8 Å². The molecule has 3 aliphatic rings. The van der Waals surface area contributed by atoms with E-state index in [2.05, 4.69) is 122 Å². The van der Waals surface area contributed by atoms with E-state index in [9.17, 15) is 0 Å². The fraction of sp³-hybridized carbons (Fsp3) is 0.133. The van der Waals surface area contributed by atoms with E-state index in [1.165, 1.54) is 38.3 Å². The zero-order chi connectivity index (χ0) is 21.0. The Balaban J connectivity index is 0.00000108. The zero-order valence-electron chi connectivity index (χ0n) is 19.3. The van der Waals surface area contributed by atoms with Gasteiger partial charge in [-0.15, -0.1) is 0 Å². The van der Waals surface area contributed by atoms with Crippen LogP contribution in [0, 0.1) is 5.92 Å². The number of halogens is 2. The Bertz CT molecular complexity index is 1390. The summed E-state index contributed by atoms with van der Waals surface area (Å²) in [5.41, 5.74) is 10.3. The molecule has 2 unspecified atom stereocenters. The van der Waals surface area contributed by atoms with Gasteiger partial charge in [0.25, 0.3) is 0 Å². The fourth-order valence-corrected chi connectivity index (χ4v) is 11.2. The third-order valence-electron chi connectivity index (χ3n) is 7.39. The van der Waals surface area contributed by atoms with Crippen LogP contribution in [0.4, 0.5) is 0 Å². The van der Waals surface area contributed by atoms with Crippen molar-refractivity contribution in [3.05, 3.63) is 130 Å². The van der Waals surface area contributed by atoms with Gasteiger partial charge >= 0.3 is 26.2 Å². The maximum atomic E-state index is 2.60. The predicted molar refractivity (Wildman–Crippen MR) is 134 cm³/mol. The van der Waals surface area contributed by atoms with Crippen LogP contribution >= 0.6 is 0 Å². The quantitative estimate of drug-likeness (QED) is 0.381. The molecule has 3 aromatic rings. The van der Waals surface area contributed by atoms with Gasteiger partial charge in [-0.25, -0.2) is 0 Å². The molecule has 0 spiro atoms. The monoisotopic (exact) mass is 574 g/mol. The topological polar surface area (TPSA) is 0 Å². The Morgan fingerprint density at radius 3 is 1.91 bits per heavy atom. The summed E-state index contributed by atoms with van der Waals surface area (Å²) in [4.78, 5) is 0. The maximum Gasteiger partial charge on any atom is 2.00 e. The van der Waals surface area contributed by atoms with Gasteiger partial charge in [0.2, 0.25) is 0 Å². The number of fused-ring (bicyclic) bond motifs is 5. The van der Waals surface area contributed by atoms with Crippen molar-refractivity contribution >= 4 is 18.8 Å². The van der Waals surface area contributed by atoms with Crippen LogP contribution in [0.3, 0.4) is 0 Å². The van der Waals surface area contributed by atoms with Gasteiger partial charge in [0.15, 0.2) is 0 Å². The first-order valence-electron chi connectivity index (χ1n) is 11.2. The molecule has 0 fully saturated rings. The standard InChI is InChI=1S/C30H26Si.2ClH.Zr/c1-3-20-31(2,29-25-16-8-4-12-21(25)22-13-5-9-17-26(22)29)30-27-18-10-6-14-23(27)24-15-7-11-19-28(24)30;;;/h3-20,25,30H,1-2H3;2*1H;/q;;;+2/p-2. The van der Waals surface area contributed by atoms with E-state index < -0.39 is 8.07 Å². The number of benzene rings is 3. The van der Waals surface area contributed by atoms with Crippen LogP contribution in [0.15, 0.2) is 109 Å². The summed E-state index contributed by atoms with van der Waals surface area (Å²) in [7, 11) is -2.12. The summed E-state index contributed by atoms with van der Waals surface area (Å²) in [6.07, 6.45) is 11.5. The first-order valence-corrected chi connectivity index (χ1v) is 13.9. The zero-order valence-corrected chi connectivity index (χ0v) is 24.3. The minimum absolute atomic E-state index is 0. The molecule has 0 saturated carbocycles. The molecule has 0 saturated heterocycles. The van der Waals surface area contributed by atoms with Crippen LogP contribution in [-0.4, -0.2) is 8.07 Å². The smallest absolute Gasteiger partial charge is 1.00 e. The van der Waals surface area contributed by atoms with Crippen molar-refractivity contribution in [1.82, 2.24) is 0 Å². The summed E-state index contributed by atoms with van der Waals surface area (Å²) in [6.45, 7) is 4.79. The molecule has 4 heteroatoms. The molecule has 34 heavy (non-hydrogen) atoms. The van der Waals surface area contributed by atoms with Crippen LogP contribution < -0.4 is 35.3 Å². The van der Waals surface area contributed by atoms with E-state index in [4.69, 9.17) is 0 Å². The largest absolute Gasteiger partial charge is 2.00 e. The number of rotatable bonds is 3. The van der Waals surface area contributed by atoms with Gasteiger partial charge in [0.05, 0.1) is 0 Å². The molecule has 0 aromatic heterocycles. The molecule has 0 heterocycles. The SMILES string of the molecule is CC=C[Si](C)(C1=c2ccccc2=C2C=CC=CC21)C1c2ccccc2-c2ccccc21.[Cl-].[Cl-].[Zr+2]. The summed E-state index contributed by atoms with van der Waals surface area (Å²) in [5, 5.41) is 4.55. The normalized spacial score (nSPS) is 18.7.